The summed E-state index contributed by atoms with van der Waals surface area (Å²) in [7, 11) is 0. The Morgan fingerprint density at radius 3 is 2.78 bits per heavy atom. The second kappa shape index (κ2) is 1.96. The minimum atomic E-state index is -0.0845. The quantitative estimate of drug-likeness (QED) is 0.510. The van der Waals surface area contributed by atoms with Gasteiger partial charge in [-0.05, 0) is 25.2 Å². The van der Waals surface area contributed by atoms with Crippen LogP contribution in [0.3, 0.4) is 0 Å². The Labute approximate surface area is 55.5 Å². The zero-order valence-corrected chi connectivity index (χ0v) is 5.58. The first-order chi connectivity index (χ1) is 4.38. The molecule has 2 nitrogen and oxygen atoms in total. The van der Waals surface area contributed by atoms with Crippen LogP contribution < -0.4 is 0 Å². The topological polar surface area (TPSA) is 23.5 Å². The second-order valence-electron chi connectivity index (χ2n) is 3.14. The third-order valence-electron chi connectivity index (χ3n) is 2.60. The summed E-state index contributed by atoms with van der Waals surface area (Å²) in [5.41, 5.74) is 0. The Morgan fingerprint density at radius 1 is 1.22 bits per heavy atom. The fraction of sp³-hybridized carbons (Fsp3) is 1.00. The molecule has 2 heteroatoms. The molecule has 0 spiro atoms. The van der Waals surface area contributed by atoms with Crippen LogP contribution in [-0.2, 0) is 0 Å². The van der Waals surface area contributed by atoms with Gasteiger partial charge in [-0.15, -0.1) is 0 Å². The molecule has 3 unspecified atom stereocenters. The summed E-state index contributed by atoms with van der Waals surface area (Å²) in [6, 6.07) is 0. The lowest BCUT2D eigenvalue weighted by Gasteiger charge is -2.27. The number of nitrogens with zero attached hydrogens (tertiary/aromatic N) is 1. The zero-order chi connectivity index (χ0) is 6.27. The minimum absolute atomic E-state index is 0.0845. The molecule has 0 radical (unpaired) electrons. The highest BCUT2D eigenvalue weighted by molar-refractivity contribution is 4.83. The summed E-state index contributed by atoms with van der Waals surface area (Å²) in [6.45, 7) is 2.25. The van der Waals surface area contributed by atoms with E-state index in [1.165, 1.54) is 19.3 Å². The van der Waals surface area contributed by atoms with Crippen molar-refractivity contribution in [2.75, 3.05) is 13.1 Å². The van der Waals surface area contributed by atoms with Gasteiger partial charge in [-0.25, -0.2) is 0 Å². The molecule has 0 aromatic carbocycles. The van der Waals surface area contributed by atoms with Gasteiger partial charge in [0, 0.05) is 13.1 Å². The molecule has 2 fully saturated rings. The number of aliphatic hydroxyl groups is 1. The van der Waals surface area contributed by atoms with Gasteiger partial charge >= 0.3 is 0 Å². The van der Waals surface area contributed by atoms with Crippen molar-refractivity contribution in [2.45, 2.75) is 25.5 Å². The predicted octanol–water partition coefficient (Wildman–Crippen LogP) is 0.421. The van der Waals surface area contributed by atoms with E-state index in [1.807, 2.05) is 0 Å². The van der Waals surface area contributed by atoms with Gasteiger partial charge < -0.3 is 5.11 Å². The van der Waals surface area contributed by atoms with Crippen molar-refractivity contribution in [3.8, 4) is 0 Å². The van der Waals surface area contributed by atoms with E-state index < -0.39 is 0 Å². The van der Waals surface area contributed by atoms with Crippen molar-refractivity contribution in [2.24, 2.45) is 5.92 Å². The third-order valence-corrected chi connectivity index (χ3v) is 2.60. The van der Waals surface area contributed by atoms with E-state index in [9.17, 15) is 5.11 Å². The number of rotatable bonds is 0. The van der Waals surface area contributed by atoms with Gasteiger partial charge in [0.05, 0.1) is 0 Å². The van der Waals surface area contributed by atoms with Crippen LogP contribution in [0.5, 0.6) is 0 Å². The predicted molar refractivity (Wildman–Crippen MR) is 34.9 cm³/mol. The zero-order valence-electron chi connectivity index (χ0n) is 5.58. The number of hydrogen-bond donors (Lipinski definition) is 1. The van der Waals surface area contributed by atoms with E-state index in [0.717, 1.165) is 13.1 Å². The first kappa shape index (κ1) is 5.69. The van der Waals surface area contributed by atoms with Crippen LogP contribution in [0.15, 0.2) is 0 Å². The molecule has 0 amide bonds. The van der Waals surface area contributed by atoms with E-state index in [2.05, 4.69) is 4.90 Å². The van der Waals surface area contributed by atoms with Crippen molar-refractivity contribution in [1.82, 2.24) is 4.90 Å². The molecule has 2 heterocycles. The Balaban J connectivity index is 2.10. The monoisotopic (exact) mass is 127 g/mol. The first-order valence-electron chi connectivity index (χ1n) is 3.80. The van der Waals surface area contributed by atoms with Crippen LogP contribution in [0.4, 0.5) is 0 Å². The van der Waals surface area contributed by atoms with E-state index in [-0.39, 0.29) is 6.23 Å². The smallest absolute Gasteiger partial charge is 0.110 e. The SMILES string of the molecule is OC1C2CCCN1CC2. The number of hydrogen-bond acceptors (Lipinski definition) is 2. The van der Waals surface area contributed by atoms with Crippen molar-refractivity contribution in [3.63, 3.8) is 0 Å². The maximum atomic E-state index is 9.43. The van der Waals surface area contributed by atoms with Crippen LogP contribution in [0, 0.1) is 5.92 Å². The molecule has 2 bridgehead atoms. The summed E-state index contributed by atoms with van der Waals surface area (Å²) in [5.74, 6) is 0.610. The molecule has 9 heavy (non-hydrogen) atoms. The maximum Gasteiger partial charge on any atom is 0.110 e. The molecule has 2 rings (SSSR count). The van der Waals surface area contributed by atoms with Crippen molar-refractivity contribution < 1.29 is 5.11 Å². The molecule has 2 aliphatic heterocycles. The van der Waals surface area contributed by atoms with Gasteiger partial charge in [0.25, 0.3) is 0 Å². The summed E-state index contributed by atoms with van der Waals surface area (Å²) in [4.78, 5) is 2.19. The van der Waals surface area contributed by atoms with Crippen molar-refractivity contribution in [1.29, 1.82) is 0 Å². The maximum absolute atomic E-state index is 9.43. The summed E-state index contributed by atoms with van der Waals surface area (Å²) in [6.07, 6.45) is 3.68. The molecular formula is C7H13NO. The molecule has 52 valence electrons. The number of fused-ring (bicyclic) bond motifs is 2. The fourth-order valence-electron chi connectivity index (χ4n) is 2.01. The molecule has 3 atom stereocenters. The van der Waals surface area contributed by atoms with Gasteiger partial charge in [0.2, 0.25) is 0 Å². The van der Waals surface area contributed by atoms with Gasteiger partial charge in [-0.3, -0.25) is 4.90 Å². The normalized spacial score (nSPS) is 49.7. The van der Waals surface area contributed by atoms with Crippen LogP contribution in [0.25, 0.3) is 0 Å². The molecule has 0 aliphatic carbocycles. The highest BCUT2D eigenvalue weighted by Crippen LogP contribution is 2.30. The molecule has 0 saturated carbocycles. The summed E-state index contributed by atoms with van der Waals surface area (Å²) in [5, 5.41) is 9.43. The van der Waals surface area contributed by atoms with Crippen LogP contribution in [0.2, 0.25) is 0 Å². The average molecular weight is 127 g/mol. The van der Waals surface area contributed by atoms with Crippen LogP contribution in [-0.4, -0.2) is 29.3 Å². The highest BCUT2D eigenvalue weighted by atomic mass is 16.3. The Bertz CT molecular complexity index is 99.5. The van der Waals surface area contributed by atoms with Gasteiger partial charge in [-0.2, -0.15) is 0 Å². The molecule has 1 N–H and O–H groups in total. The van der Waals surface area contributed by atoms with Crippen molar-refractivity contribution in [3.05, 3.63) is 0 Å². The van der Waals surface area contributed by atoms with E-state index in [4.69, 9.17) is 0 Å². The Morgan fingerprint density at radius 2 is 2.11 bits per heavy atom. The lowest BCUT2D eigenvalue weighted by Crippen LogP contribution is -2.37. The summed E-state index contributed by atoms with van der Waals surface area (Å²) < 4.78 is 0. The highest BCUT2D eigenvalue weighted by Gasteiger charge is 2.34. The molecular weight excluding hydrogens is 114 g/mol. The van der Waals surface area contributed by atoms with E-state index in [0.29, 0.717) is 5.92 Å². The van der Waals surface area contributed by atoms with Gasteiger partial charge in [0.1, 0.15) is 6.23 Å². The largest absolute Gasteiger partial charge is 0.378 e. The standard InChI is InChI=1S/C7H13NO/c9-7-6-2-1-4-8(7)5-3-6/h6-7,9H,1-5H2. The summed E-state index contributed by atoms with van der Waals surface area (Å²) >= 11 is 0. The lowest BCUT2D eigenvalue weighted by molar-refractivity contribution is -0.0162. The van der Waals surface area contributed by atoms with E-state index in [1.54, 1.807) is 0 Å². The fourth-order valence-corrected chi connectivity index (χ4v) is 2.01. The lowest BCUT2D eigenvalue weighted by atomic mass is 9.99. The van der Waals surface area contributed by atoms with E-state index >= 15 is 0 Å². The van der Waals surface area contributed by atoms with Crippen LogP contribution in [0.1, 0.15) is 19.3 Å². The Hall–Kier alpha value is -0.0800. The van der Waals surface area contributed by atoms with Crippen molar-refractivity contribution >= 4 is 0 Å². The minimum Gasteiger partial charge on any atom is -0.378 e. The molecule has 0 aromatic rings. The molecule has 0 aromatic heterocycles. The first-order valence-corrected chi connectivity index (χ1v) is 3.80. The van der Waals surface area contributed by atoms with Crippen LogP contribution >= 0.6 is 0 Å². The number of piperidine rings is 1. The second-order valence-corrected chi connectivity index (χ2v) is 3.14. The Kier molecular flexibility index (Phi) is 1.24. The van der Waals surface area contributed by atoms with Gasteiger partial charge in [-0.1, -0.05) is 0 Å². The number of aliphatic hydroxyl groups excluding tert-OH is 1. The van der Waals surface area contributed by atoms with Gasteiger partial charge in [0.15, 0.2) is 0 Å². The molecule has 2 saturated heterocycles. The third kappa shape index (κ3) is 0.775. The average Bonchev–Trinajstić information content (AvgIpc) is 2.19. The molecule has 2 aliphatic rings.